The molecule has 0 atom stereocenters. The van der Waals surface area contributed by atoms with Crippen LogP contribution in [0.4, 0.5) is 0 Å². The van der Waals surface area contributed by atoms with Crippen molar-refractivity contribution in [1.29, 1.82) is 0 Å². The standard InChI is InChI=1S/C15H21N3O2/c1-11-7-13(18(3)17-11)10-20-15-6-5-14(19-4)8-12(15)9-16-2/h5-8,16H,9-10H2,1-4H3. The summed E-state index contributed by atoms with van der Waals surface area (Å²) in [7, 11) is 5.50. The third-order valence-corrected chi connectivity index (χ3v) is 3.11. The van der Waals surface area contributed by atoms with Crippen molar-refractivity contribution in [3.63, 3.8) is 0 Å². The molecule has 0 aliphatic carbocycles. The summed E-state index contributed by atoms with van der Waals surface area (Å²) in [6.45, 7) is 3.21. The van der Waals surface area contributed by atoms with E-state index >= 15 is 0 Å². The Hall–Kier alpha value is -2.01. The summed E-state index contributed by atoms with van der Waals surface area (Å²) in [5, 5.41) is 7.45. The molecule has 0 saturated heterocycles. The highest BCUT2D eigenvalue weighted by atomic mass is 16.5. The van der Waals surface area contributed by atoms with Crippen molar-refractivity contribution < 1.29 is 9.47 Å². The van der Waals surface area contributed by atoms with Crippen molar-refractivity contribution in [2.45, 2.75) is 20.1 Å². The average molecular weight is 275 g/mol. The highest BCUT2D eigenvalue weighted by Gasteiger charge is 2.08. The van der Waals surface area contributed by atoms with Gasteiger partial charge in [-0.1, -0.05) is 0 Å². The number of benzene rings is 1. The second kappa shape index (κ2) is 6.43. The minimum absolute atomic E-state index is 0.500. The monoisotopic (exact) mass is 275 g/mol. The van der Waals surface area contributed by atoms with Gasteiger partial charge in [-0.3, -0.25) is 4.68 Å². The molecule has 0 aliphatic rings. The van der Waals surface area contributed by atoms with Crippen LogP contribution in [-0.2, 0) is 20.2 Å². The van der Waals surface area contributed by atoms with Crippen molar-refractivity contribution in [2.75, 3.05) is 14.2 Å². The van der Waals surface area contributed by atoms with Gasteiger partial charge in [0.1, 0.15) is 18.1 Å². The molecule has 0 unspecified atom stereocenters. The summed E-state index contributed by atoms with van der Waals surface area (Å²) < 4.78 is 13.0. The molecule has 0 amide bonds. The Balaban J connectivity index is 2.14. The summed E-state index contributed by atoms with van der Waals surface area (Å²) >= 11 is 0. The summed E-state index contributed by atoms with van der Waals surface area (Å²) in [5.74, 6) is 1.69. The third-order valence-electron chi connectivity index (χ3n) is 3.11. The van der Waals surface area contributed by atoms with Crippen LogP contribution in [0.1, 0.15) is 17.0 Å². The van der Waals surface area contributed by atoms with Crippen LogP contribution < -0.4 is 14.8 Å². The fourth-order valence-electron chi connectivity index (χ4n) is 2.10. The number of hydrogen-bond donors (Lipinski definition) is 1. The highest BCUT2D eigenvalue weighted by molar-refractivity contribution is 5.40. The van der Waals surface area contributed by atoms with Crippen LogP contribution in [-0.4, -0.2) is 23.9 Å². The predicted octanol–water partition coefficient (Wildman–Crippen LogP) is 2.04. The fourth-order valence-corrected chi connectivity index (χ4v) is 2.10. The van der Waals surface area contributed by atoms with Crippen LogP contribution >= 0.6 is 0 Å². The van der Waals surface area contributed by atoms with Crippen LogP contribution in [0.2, 0.25) is 0 Å². The largest absolute Gasteiger partial charge is 0.497 e. The molecular weight excluding hydrogens is 254 g/mol. The molecule has 2 aromatic rings. The first kappa shape index (κ1) is 14.4. The van der Waals surface area contributed by atoms with Crippen LogP contribution in [0.15, 0.2) is 24.3 Å². The van der Waals surface area contributed by atoms with E-state index in [1.54, 1.807) is 7.11 Å². The second-order valence-corrected chi connectivity index (χ2v) is 4.69. The Morgan fingerprint density at radius 3 is 2.70 bits per heavy atom. The lowest BCUT2D eigenvalue weighted by atomic mass is 10.2. The maximum absolute atomic E-state index is 5.91. The lowest BCUT2D eigenvalue weighted by molar-refractivity contribution is 0.290. The van der Waals surface area contributed by atoms with Gasteiger partial charge in [-0.2, -0.15) is 5.10 Å². The molecule has 0 aliphatic heterocycles. The van der Waals surface area contributed by atoms with Crippen LogP contribution in [0.25, 0.3) is 0 Å². The van der Waals surface area contributed by atoms with Gasteiger partial charge in [0.05, 0.1) is 18.5 Å². The molecule has 1 aromatic heterocycles. The Kier molecular flexibility index (Phi) is 4.63. The predicted molar refractivity (Wildman–Crippen MR) is 78.0 cm³/mol. The first-order valence-electron chi connectivity index (χ1n) is 6.58. The molecule has 1 aromatic carbocycles. The van der Waals surface area contributed by atoms with Gasteiger partial charge < -0.3 is 14.8 Å². The average Bonchev–Trinajstić information content (AvgIpc) is 2.76. The molecule has 0 radical (unpaired) electrons. The fraction of sp³-hybridized carbons (Fsp3) is 0.400. The maximum Gasteiger partial charge on any atom is 0.130 e. The maximum atomic E-state index is 5.91. The molecule has 1 N–H and O–H groups in total. The van der Waals surface area contributed by atoms with Crippen molar-refractivity contribution in [3.8, 4) is 11.5 Å². The molecular formula is C15H21N3O2. The number of rotatable bonds is 6. The normalized spacial score (nSPS) is 10.6. The minimum Gasteiger partial charge on any atom is -0.497 e. The third kappa shape index (κ3) is 3.30. The zero-order valence-electron chi connectivity index (χ0n) is 12.4. The van der Waals surface area contributed by atoms with E-state index in [9.17, 15) is 0 Å². The Morgan fingerprint density at radius 2 is 2.10 bits per heavy atom. The molecule has 0 fully saturated rings. The number of aryl methyl sites for hydroxylation is 2. The second-order valence-electron chi connectivity index (χ2n) is 4.69. The van der Waals surface area contributed by atoms with Crippen molar-refractivity contribution >= 4 is 0 Å². The van der Waals surface area contributed by atoms with Gasteiger partial charge in [-0.05, 0) is 38.2 Å². The van der Waals surface area contributed by atoms with Gasteiger partial charge in [-0.25, -0.2) is 0 Å². The first-order chi connectivity index (χ1) is 9.63. The number of methoxy groups -OCH3 is 1. The number of nitrogens with zero attached hydrogens (tertiary/aromatic N) is 2. The zero-order chi connectivity index (χ0) is 14.5. The minimum atomic E-state index is 0.500. The molecule has 0 spiro atoms. The molecule has 0 bridgehead atoms. The van der Waals surface area contributed by atoms with Crippen molar-refractivity contribution in [3.05, 3.63) is 41.2 Å². The van der Waals surface area contributed by atoms with E-state index in [0.29, 0.717) is 6.61 Å². The van der Waals surface area contributed by atoms with E-state index < -0.39 is 0 Å². The topological polar surface area (TPSA) is 48.3 Å². The number of hydrogen-bond acceptors (Lipinski definition) is 4. The number of ether oxygens (including phenoxy) is 2. The molecule has 0 saturated carbocycles. The summed E-state index contributed by atoms with van der Waals surface area (Å²) in [5.41, 5.74) is 3.12. The van der Waals surface area contributed by atoms with Gasteiger partial charge in [-0.15, -0.1) is 0 Å². The van der Waals surface area contributed by atoms with E-state index in [4.69, 9.17) is 9.47 Å². The Morgan fingerprint density at radius 1 is 1.30 bits per heavy atom. The number of nitrogens with one attached hydrogen (secondary N) is 1. The molecule has 1 heterocycles. The zero-order valence-corrected chi connectivity index (χ0v) is 12.4. The molecule has 108 valence electrons. The van der Waals surface area contributed by atoms with Crippen molar-refractivity contribution in [1.82, 2.24) is 15.1 Å². The van der Waals surface area contributed by atoms with Gasteiger partial charge in [0.2, 0.25) is 0 Å². The van der Waals surface area contributed by atoms with Crippen molar-refractivity contribution in [2.24, 2.45) is 7.05 Å². The summed E-state index contributed by atoms with van der Waals surface area (Å²) in [6.07, 6.45) is 0. The van der Waals surface area contributed by atoms with Crippen LogP contribution in [0, 0.1) is 6.92 Å². The van der Waals surface area contributed by atoms with Gasteiger partial charge in [0, 0.05) is 19.2 Å². The highest BCUT2D eigenvalue weighted by Crippen LogP contribution is 2.25. The SMILES string of the molecule is CNCc1cc(OC)ccc1OCc1cc(C)nn1C. The molecule has 2 rings (SSSR count). The van der Waals surface area contributed by atoms with E-state index in [0.717, 1.165) is 35.0 Å². The van der Waals surface area contributed by atoms with Gasteiger partial charge in [0.15, 0.2) is 0 Å². The smallest absolute Gasteiger partial charge is 0.130 e. The quantitative estimate of drug-likeness (QED) is 0.876. The lowest BCUT2D eigenvalue weighted by Gasteiger charge is -2.13. The van der Waals surface area contributed by atoms with E-state index in [-0.39, 0.29) is 0 Å². The number of aromatic nitrogens is 2. The van der Waals surface area contributed by atoms with Gasteiger partial charge in [0.25, 0.3) is 0 Å². The Labute approximate surface area is 119 Å². The van der Waals surface area contributed by atoms with E-state index in [1.807, 2.05) is 50.0 Å². The molecule has 5 heteroatoms. The van der Waals surface area contributed by atoms with Crippen LogP contribution in [0.3, 0.4) is 0 Å². The van der Waals surface area contributed by atoms with E-state index in [2.05, 4.69) is 10.4 Å². The molecule has 20 heavy (non-hydrogen) atoms. The molecule has 5 nitrogen and oxygen atoms in total. The van der Waals surface area contributed by atoms with E-state index in [1.165, 1.54) is 0 Å². The van der Waals surface area contributed by atoms with Gasteiger partial charge >= 0.3 is 0 Å². The summed E-state index contributed by atoms with van der Waals surface area (Å²) in [4.78, 5) is 0. The first-order valence-corrected chi connectivity index (χ1v) is 6.58. The Bertz CT molecular complexity index is 578. The van der Waals surface area contributed by atoms with Crippen LogP contribution in [0.5, 0.6) is 11.5 Å². The lowest BCUT2D eigenvalue weighted by Crippen LogP contribution is -2.09. The summed E-state index contributed by atoms with van der Waals surface area (Å²) in [6, 6.07) is 7.86.